The van der Waals surface area contributed by atoms with Crippen molar-refractivity contribution in [3.8, 4) is 0 Å². The number of para-hydroxylation sites is 2. The van der Waals surface area contributed by atoms with E-state index in [1.165, 1.54) is 18.2 Å². The zero-order valence-electron chi connectivity index (χ0n) is 17.7. The Hall–Kier alpha value is -3.46. The van der Waals surface area contributed by atoms with E-state index in [2.05, 4.69) is 15.5 Å². The number of amides is 2. The van der Waals surface area contributed by atoms with Gasteiger partial charge in [-0.15, -0.1) is 0 Å². The smallest absolute Gasteiger partial charge is 0.313 e. The van der Waals surface area contributed by atoms with Gasteiger partial charge in [0, 0.05) is 32.4 Å². The molecule has 0 bridgehead atoms. The number of rotatable bonds is 7. The fourth-order valence-electron chi connectivity index (χ4n) is 3.69. The van der Waals surface area contributed by atoms with Crippen LogP contribution < -0.4 is 15.5 Å². The van der Waals surface area contributed by atoms with Gasteiger partial charge in [0.05, 0.1) is 11.0 Å². The number of likely N-dealkylation sites (tertiary alicyclic amines) is 1. The Balaban J connectivity index is 1.67. The van der Waals surface area contributed by atoms with E-state index in [0.29, 0.717) is 0 Å². The van der Waals surface area contributed by atoms with Gasteiger partial charge < -0.3 is 15.5 Å². The molecular weight excluding hydrogens is 398 g/mol. The molecule has 1 atom stereocenters. The summed E-state index contributed by atoms with van der Waals surface area (Å²) in [6.07, 6.45) is 2.19. The molecule has 0 aliphatic carbocycles. The number of nitrogens with one attached hydrogen (secondary N) is 2. The first kappa shape index (κ1) is 22.2. The van der Waals surface area contributed by atoms with Crippen molar-refractivity contribution in [1.29, 1.82) is 0 Å². The second kappa shape index (κ2) is 10.0. The lowest BCUT2D eigenvalue weighted by atomic mass is 10.0. The molecule has 0 aromatic heterocycles. The highest BCUT2D eigenvalue weighted by Gasteiger charge is 2.26. The van der Waals surface area contributed by atoms with Crippen LogP contribution in [0.15, 0.2) is 48.5 Å². The van der Waals surface area contributed by atoms with Gasteiger partial charge in [0.25, 0.3) is 5.69 Å². The zero-order valence-corrected chi connectivity index (χ0v) is 17.7. The van der Waals surface area contributed by atoms with Gasteiger partial charge >= 0.3 is 11.8 Å². The van der Waals surface area contributed by atoms with E-state index in [0.717, 1.165) is 37.2 Å². The fraction of sp³-hybridized carbons (Fsp3) is 0.364. The minimum atomic E-state index is -0.933. The maximum absolute atomic E-state index is 12.4. The summed E-state index contributed by atoms with van der Waals surface area (Å²) in [5.41, 5.74) is 1.87. The number of benzene rings is 2. The number of nitrogens with zero attached hydrogens (tertiary/aromatic N) is 3. The normalized spacial score (nSPS) is 14.6. The summed E-state index contributed by atoms with van der Waals surface area (Å²) < 4.78 is 0. The molecule has 9 nitrogen and oxygen atoms in total. The van der Waals surface area contributed by atoms with Crippen LogP contribution in [0.1, 0.15) is 24.4 Å². The molecule has 2 amide bonds. The van der Waals surface area contributed by atoms with Crippen molar-refractivity contribution in [2.24, 2.45) is 0 Å². The van der Waals surface area contributed by atoms with Crippen LogP contribution in [0.5, 0.6) is 0 Å². The lowest BCUT2D eigenvalue weighted by Gasteiger charge is -2.28. The average molecular weight is 425 g/mol. The maximum Gasteiger partial charge on any atom is 0.313 e. The molecule has 1 fully saturated rings. The molecule has 2 N–H and O–H groups in total. The predicted molar refractivity (Wildman–Crippen MR) is 119 cm³/mol. The van der Waals surface area contributed by atoms with E-state index in [1.54, 1.807) is 6.07 Å². The first-order valence-electron chi connectivity index (χ1n) is 10.2. The molecule has 31 heavy (non-hydrogen) atoms. The highest BCUT2D eigenvalue weighted by Crippen LogP contribution is 2.26. The SMILES string of the molecule is CN(C)c1ccc([C@@H](CNC(=O)C(=O)Nc2ccccc2[N+](=O)[O-])N2CCCC2)cc1. The van der Waals surface area contributed by atoms with Gasteiger partial charge in [-0.2, -0.15) is 0 Å². The third-order valence-electron chi connectivity index (χ3n) is 5.39. The number of nitro groups is 1. The standard InChI is InChI=1S/C22H27N5O4/c1-25(2)17-11-9-16(10-12-17)20(26-13-5-6-14-26)15-23-21(28)22(29)24-18-7-3-4-8-19(18)27(30)31/h3-4,7-12,20H,5-6,13-15H2,1-2H3,(H,23,28)(H,24,29)/t20-/m1/s1. The average Bonchev–Trinajstić information content (AvgIpc) is 3.29. The van der Waals surface area contributed by atoms with Crippen molar-refractivity contribution in [3.05, 3.63) is 64.2 Å². The van der Waals surface area contributed by atoms with E-state index in [-0.39, 0.29) is 24.0 Å². The molecule has 0 saturated carbocycles. The highest BCUT2D eigenvalue weighted by molar-refractivity contribution is 6.39. The van der Waals surface area contributed by atoms with E-state index < -0.39 is 16.7 Å². The molecule has 2 aromatic carbocycles. The molecule has 1 saturated heterocycles. The molecule has 3 rings (SSSR count). The highest BCUT2D eigenvalue weighted by atomic mass is 16.6. The minimum Gasteiger partial charge on any atom is -0.378 e. The molecule has 1 heterocycles. The van der Waals surface area contributed by atoms with Crippen LogP contribution in [0.4, 0.5) is 17.1 Å². The monoisotopic (exact) mass is 425 g/mol. The van der Waals surface area contributed by atoms with Gasteiger partial charge in [-0.25, -0.2) is 0 Å². The van der Waals surface area contributed by atoms with Crippen molar-refractivity contribution in [2.75, 3.05) is 43.9 Å². The topological polar surface area (TPSA) is 108 Å². The third-order valence-corrected chi connectivity index (χ3v) is 5.39. The van der Waals surface area contributed by atoms with Gasteiger partial charge in [0.2, 0.25) is 0 Å². The van der Waals surface area contributed by atoms with Crippen LogP contribution in [0.3, 0.4) is 0 Å². The van der Waals surface area contributed by atoms with Gasteiger partial charge in [-0.3, -0.25) is 24.6 Å². The molecule has 0 unspecified atom stereocenters. The molecule has 1 aliphatic rings. The van der Waals surface area contributed by atoms with Crippen LogP contribution in [0, 0.1) is 10.1 Å². The Morgan fingerprint density at radius 2 is 1.71 bits per heavy atom. The summed E-state index contributed by atoms with van der Waals surface area (Å²) in [7, 11) is 3.95. The van der Waals surface area contributed by atoms with Crippen LogP contribution in [0.2, 0.25) is 0 Å². The van der Waals surface area contributed by atoms with E-state index >= 15 is 0 Å². The van der Waals surface area contributed by atoms with Crippen molar-refractivity contribution in [3.63, 3.8) is 0 Å². The molecule has 2 aromatic rings. The number of hydrogen-bond acceptors (Lipinski definition) is 6. The van der Waals surface area contributed by atoms with Crippen molar-refractivity contribution < 1.29 is 14.5 Å². The summed E-state index contributed by atoms with van der Waals surface area (Å²) in [5, 5.41) is 16.1. The number of nitro benzene ring substituents is 1. The summed E-state index contributed by atoms with van der Waals surface area (Å²) in [6, 6.07) is 13.8. The van der Waals surface area contributed by atoms with Crippen LogP contribution in [-0.4, -0.2) is 55.4 Å². The summed E-state index contributed by atoms with van der Waals surface area (Å²) in [6.45, 7) is 2.13. The van der Waals surface area contributed by atoms with Gasteiger partial charge in [0.15, 0.2) is 0 Å². The molecular formula is C22H27N5O4. The largest absolute Gasteiger partial charge is 0.378 e. The predicted octanol–water partition coefficient (Wildman–Crippen LogP) is 2.55. The van der Waals surface area contributed by atoms with Crippen LogP contribution in [0.25, 0.3) is 0 Å². The number of hydrogen-bond donors (Lipinski definition) is 2. The van der Waals surface area contributed by atoms with Crippen molar-refractivity contribution in [2.45, 2.75) is 18.9 Å². The lowest BCUT2D eigenvalue weighted by molar-refractivity contribution is -0.383. The Labute approximate surface area is 181 Å². The molecule has 164 valence electrons. The van der Waals surface area contributed by atoms with Gasteiger partial charge in [-0.05, 0) is 49.7 Å². The second-order valence-corrected chi connectivity index (χ2v) is 7.68. The fourth-order valence-corrected chi connectivity index (χ4v) is 3.69. The van der Waals surface area contributed by atoms with Crippen molar-refractivity contribution in [1.82, 2.24) is 10.2 Å². The van der Waals surface area contributed by atoms with E-state index in [9.17, 15) is 19.7 Å². The van der Waals surface area contributed by atoms with Crippen LogP contribution in [-0.2, 0) is 9.59 Å². The lowest BCUT2D eigenvalue weighted by Crippen LogP contribution is -2.41. The number of anilines is 2. The first-order chi connectivity index (χ1) is 14.9. The Kier molecular flexibility index (Phi) is 7.19. The number of carbonyl (C=O) groups is 2. The van der Waals surface area contributed by atoms with Gasteiger partial charge in [0.1, 0.15) is 5.69 Å². The Morgan fingerprint density at radius 3 is 2.32 bits per heavy atom. The van der Waals surface area contributed by atoms with E-state index in [1.807, 2.05) is 43.3 Å². The molecule has 1 aliphatic heterocycles. The minimum absolute atomic E-state index is 0.0111. The quantitative estimate of drug-likeness (QED) is 0.401. The van der Waals surface area contributed by atoms with Crippen molar-refractivity contribution >= 4 is 28.9 Å². The Bertz CT molecular complexity index is 939. The van der Waals surface area contributed by atoms with Gasteiger partial charge in [-0.1, -0.05) is 24.3 Å². The summed E-state index contributed by atoms with van der Waals surface area (Å²) in [5.74, 6) is -1.76. The molecule has 0 radical (unpaired) electrons. The number of carbonyl (C=O) groups excluding carboxylic acids is 2. The maximum atomic E-state index is 12.4. The molecule has 9 heteroatoms. The zero-order chi connectivity index (χ0) is 22.4. The Morgan fingerprint density at radius 1 is 1.06 bits per heavy atom. The van der Waals surface area contributed by atoms with Crippen LogP contribution >= 0.6 is 0 Å². The second-order valence-electron chi connectivity index (χ2n) is 7.68. The third kappa shape index (κ3) is 5.58. The summed E-state index contributed by atoms with van der Waals surface area (Å²) in [4.78, 5) is 39.5. The van der Waals surface area contributed by atoms with E-state index in [4.69, 9.17) is 0 Å². The summed E-state index contributed by atoms with van der Waals surface area (Å²) >= 11 is 0. The molecule has 0 spiro atoms. The first-order valence-corrected chi connectivity index (χ1v) is 10.2.